The molecule has 0 fully saturated rings. The molecule has 0 bridgehead atoms. The molecule has 2 heteroatoms. The van der Waals surface area contributed by atoms with Gasteiger partial charge in [-0.3, -0.25) is 0 Å². The molecule has 0 aliphatic heterocycles. The van der Waals surface area contributed by atoms with Crippen LogP contribution >= 0.6 is 0 Å². The summed E-state index contributed by atoms with van der Waals surface area (Å²) in [6, 6.07) is 11.5. The Kier molecular flexibility index (Phi) is 5.63. The highest BCUT2D eigenvalue weighted by atomic mass is 16.3. The van der Waals surface area contributed by atoms with Gasteiger partial charge in [-0.05, 0) is 56.8 Å². The van der Waals surface area contributed by atoms with Crippen LogP contribution in [0.4, 0.5) is 0 Å². The van der Waals surface area contributed by atoms with Gasteiger partial charge in [0.1, 0.15) is 11.5 Å². The van der Waals surface area contributed by atoms with Crippen LogP contribution in [0.1, 0.15) is 54.5 Å². The van der Waals surface area contributed by atoms with E-state index < -0.39 is 0 Å². The van der Waals surface area contributed by atoms with Crippen molar-refractivity contribution in [1.82, 2.24) is 5.32 Å². The van der Waals surface area contributed by atoms with Crippen molar-refractivity contribution >= 4 is 0 Å². The minimum Gasteiger partial charge on any atom is -0.466 e. The van der Waals surface area contributed by atoms with Crippen LogP contribution in [0.2, 0.25) is 0 Å². The van der Waals surface area contributed by atoms with Crippen molar-refractivity contribution in [2.24, 2.45) is 0 Å². The summed E-state index contributed by atoms with van der Waals surface area (Å²) in [5.74, 6) is 2.03. The summed E-state index contributed by atoms with van der Waals surface area (Å²) in [5, 5.41) is 3.66. The molecule has 1 heterocycles. The molecule has 1 aromatic carbocycles. The maximum absolute atomic E-state index is 5.71. The Hall–Kier alpha value is -1.54. The van der Waals surface area contributed by atoms with E-state index in [1.807, 2.05) is 6.92 Å². The fourth-order valence-electron chi connectivity index (χ4n) is 2.75. The minimum atomic E-state index is 0.329. The summed E-state index contributed by atoms with van der Waals surface area (Å²) < 4.78 is 5.71. The molecule has 0 saturated heterocycles. The summed E-state index contributed by atoms with van der Waals surface area (Å²) in [6.45, 7) is 9.50. The highest BCUT2D eigenvalue weighted by molar-refractivity contribution is 5.29. The van der Waals surface area contributed by atoms with Crippen LogP contribution in [0.5, 0.6) is 0 Å². The Morgan fingerprint density at radius 2 is 1.71 bits per heavy atom. The quantitative estimate of drug-likeness (QED) is 0.794. The summed E-state index contributed by atoms with van der Waals surface area (Å²) >= 11 is 0. The van der Waals surface area contributed by atoms with Crippen LogP contribution in [0, 0.1) is 13.8 Å². The van der Waals surface area contributed by atoms with Gasteiger partial charge >= 0.3 is 0 Å². The fourth-order valence-corrected chi connectivity index (χ4v) is 2.75. The van der Waals surface area contributed by atoms with E-state index in [1.165, 1.54) is 16.7 Å². The average molecular weight is 285 g/mol. The molecule has 0 saturated carbocycles. The van der Waals surface area contributed by atoms with E-state index in [0.717, 1.165) is 37.3 Å². The second kappa shape index (κ2) is 7.46. The average Bonchev–Trinajstić information content (AvgIpc) is 2.83. The van der Waals surface area contributed by atoms with Crippen molar-refractivity contribution in [1.29, 1.82) is 0 Å². The Balaban J connectivity index is 2.17. The first-order valence-electron chi connectivity index (χ1n) is 8.02. The predicted octanol–water partition coefficient (Wildman–Crippen LogP) is 4.74. The van der Waals surface area contributed by atoms with E-state index in [4.69, 9.17) is 4.42 Å². The molecule has 0 radical (unpaired) electrons. The number of furan rings is 1. The highest BCUT2D eigenvalue weighted by Gasteiger charge is 2.17. The smallest absolute Gasteiger partial charge is 0.105 e. The number of nitrogens with one attached hydrogen (secondary N) is 1. The summed E-state index contributed by atoms with van der Waals surface area (Å²) in [5.41, 5.74) is 4.06. The molecule has 1 atom stereocenters. The molecule has 114 valence electrons. The van der Waals surface area contributed by atoms with Crippen LogP contribution in [0.3, 0.4) is 0 Å². The van der Waals surface area contributed by atoms with Crippen molar-refractivity contribution in [3.05, 3.63) is 58.5 Å². The maximum Gasteiger partial charge on any atom is 0.105 e. The van der Waals surface area contributed by atoms with Gasteiger partial charge < -0.3 is 9.73 Å². The van der Waals surface area contributed by atoms with Gasteiger partial charge in [0.05, 0.1) is 0 Å². The molecule has 0 amide bonds. The molecule has 21 heavy (non-hydrogen) atoms. The summed E-state index contributed by atoms with van der Waals surface area (Å²) in [6.07, 6.45) is 3.24. The van der Waals surface area contributed by atoms with Crippen LogP contribution in [0.15, 0.2) is 34.7 Å². The molecule has 0 spiro atoms. The predicted molar refractivity (Wildman–Crippen MR) is 88.7 cm³/mol. The number of benzene rings is 1. The zero-order valence-corrected chi connectivity index (χ0v) is 13.7. The van der Waals surface area contributed by atoms with Crippen molar-refractivity contribution in [3.63, 3.8) is 0 Å². The van der Waals surface area contributed by atoms with E-state index in [9.17, 15) is 0 Å². The molecule has 2 aromatic rings. The molecule has 1 N–H and O–H groups in total. The number of aryl methyl sites for hydroxylation is 3. The molecule has 1 unspecified atom stereocenters. The monoisotopic (exact) mass is 285 g/mol. The van der Waals surface area contributed by atoms with Gasteiger partial charge in [-0.15, -0.1) is 0 Å². The first kappa shape index (κ1) is 15.8. The van der Waals surface area contributed by atoms with Gasteiger partial charge in [0.15, 0.2) is 0 Å². The van der Waals surface area contributed by atoms with Gasteiger partial charge in [0.2, 0.25) is 0 Å². The Labute approximate surface area is 128 Å². The normalized spacial score (nSPS) is 12.6. The van der Waals surface area contributed by atoms with Crippen molar-refractivity contribution < 1.29 is 4.42 Å². The van der Waals surface area contributed by atoms with Crippen LogP contribution in [0.25, 0.3) is 0 Å². The zero-order valence-electron chi connectivity index (χ0n) is 13.7. The molecule has 0 aliphatic carbocycles. The van der Waals surface area contributed by atoms with Crippen molar-refractivity contribution in [3.8, 4) is 0 Å². The number of rotatable bonds is 7. The van der Waals surface area contributed by atoms with Crippen LogP contribution in [-0.4, -0.2) is 6.54 Å². The third-order valence-electron chi connectivity index (χ3n) is 3.97. The lowest BCUT2D eigenvalue weighted by Crippen LogP contribution is -2.24. The van der Waals surface area contributed by atoms with Gasteiger partial charge in [-0.1, -0.05) is 38.1 Å². The van der Waals surface area contributed by atoms with Crippen molar-refractivity contribution in [2.75, 3.05) is 6.54 Å². The van der Waals surface area contributed by atoms with Crippen LogP contribution in [-0.2, 0) is 12.8 Å². The van der Waals surface area contributed by atoms with Gasteiger partial charge in [-0.25, -0.2) is 0 Å². The van der Waals surface area contributed by atoms with Gasteiger partial charge in [-0.2, -0.15) is 0 Å². The van der Waals surface area contributed by atoms with Crippen molar-refractivity contribution in [2.45, 2.75) is 53.0 Å². The molecule has 2 rings (SSSR count). The number of hydrogen-bond donors (Lipinski definition) is 1. The Morgan fingerprint density at radius 1 is 1.05 bits per heavy atom. The molecule has 1 aromatic heterocycles. The lowest BCUT2D eigenvalue weighted by Gasteiger charge is -2.18. The van der Waals surface area contributed by atoms with E-state index in [2.05, 4.69) is 56.4 Å². The lowest BCUT2D eigenvalue weighted by atomic mass is 9.98. The first-order valence-corrected chi connectivity index (χ1v) is 8.02. The second-order valence-electron chi connectivity index (χ2n) is 5.75. The van der Waals surface area contributed by atoms with E-state index in [0.29, 0.717) is 6.04 Å². The highest BCUT2D eigenvalue weighted by Crippen LogP contribution is 2.25. The topological polar surface area (TPSA) is 25.2 Å². The third kappa shape index (κ3) is 4.21. The van der Waals surface area contributed by atoms with E-state index in [-0.39, 0.29) is 0 Å². The lowest BCUT2D eigenvalue weighted by molar-refractivity contribution is 0.480. The minimum absolute atomic E-state index is 0.329. The fraction of sp³-hybridized carbons (Fsp3) is 0.474. The molecule has 2 nitrogen and oxygen atoms in total. The summed E-state index contributed by atoms with van der Waals surface area (Å²) in [4.78, 5) is 0. The first-order chi connectivity index (χ1) is 10.1. The molecule has 0 aliphatic rings. The maximum atomic E-state index is 5.71. The number of hydrogen-bond acceptors (Lipinski definition) is 2. The van der Waals surface area contributed by atoms with E-state index in [1.54, 1.807) is 0 Å². The van der Waals surface area contributed by atoms with Gasteiger partial charge in [0, 0.05) is 11.6 Å². The van der Waals surface area contributed by atoms with Gasteiger partial charge in [0.25, 0.3) is 0 Å². The van der Waals surface area contributed by atoms with E-state index >= 15 is 0 Å². The second-order valence-corrected chi connectivity index (χ2v) is 5.75. The Bertz CT molecular complexity index is 553. The zero-order chi connectivity index (χ0) is 15.2. The summed E-state index contributed by atoms with van der Waals surface area (Å²) in [7, 11) is 0. The largest absolute Gasteiger partial charge is 0.466 e. The standard InChI is InChI=1S/C19H27NO/c1-5-11-20-19(18-12-14(3)21-15(18)4)13-17-9-7-16(6-2)8-10-17/h7-10,12,19-20H,5-6,11,13H2,1-4H3. The molecular weight excluding hydrogens is 258 g/mol. The SMILES string of the molecule is CCCNC(Cc1ccc(CC)cc1)c1cc(C)oc1C. The third-order valence-corrected chi connectivity index (χ3v) is 3.97. The molecular formula is C19H27NO. The van der Waals surface area contributed by atoms with Crippen LogP contribution < -0.4 is 5.32 Å². The Morgan fingerprint density at radius 3 is 2.24 bits per heavy atom.